The largest absolute Gasteiger partial charge is 0.379 e. The molecule has 3 heteroatoms. The van der Waals surface area contributed by atoms with Crippen molar-refractivity contribution in [3.8, 4) is 0 Å². The highest BCUT2D eigenvalue weighted by Gasteiger charge is 2.50. The van der Waals surface area contributed by atoms with Crippen LogP contribution < -0.4 is 0 Å². The van der Waals surface area contributed by atoms with E-state index in [0.29, 0.717) is 12.4 Å². The molecule has 74 valence electrons. The lowest BCUT2D eigenvalue weighted by atomic mass is 9.94. The molecule has 0 radical (unpaired) electrons. The normalized spacial score (nSPS) is 35.0. The second-order valence-electron chi connectivity index (χ2n) is 3.99. The molecular formula is C10H17NO2. The molecule has 0 amide bonds. The quantitative estimate of drug-likeness (QED) is 0.635. The molecule has 1 atom stereocenters. The van der Waals surface area contributed by atoms with Gasteiger partial charge in [0.2, 0.25) is 0 Å². The molecule has 0 aromatic carbocycles. The van der Waals surface area contributed by atoms with Gasteiger partial charge in [-0.2, -0.15) is 0 Å². The summed E-state index contributed by atoms with van der Waals surface area (Å²) >= 11 is 0. The average molecular weight is 183 g/mol. The van der Waals surface area contributed by atoms with E-state index in [4.69, 9.17) is 4.74 Å². The van der Waals surface area contributed by atoms with Crippen LogP contribution in [0.5, 0.6) is 0 Å². The number of likely N-dealkylation sites (tertiary alicyclic amines) is 1. The number of ketones is 1. The SMILES string of the molecule is CCCN1CCC(=O)C12CCOC2. The second kappa shape index (κ2) is 3.39. The number of hydrogen-bond acceptors (Lipinski definition) is 3. The summed E-state index contributed by atoms with van der Waals surface area (Å²) in [7, 11) is 0. The summed E-state index contributed by atoms with van der Waals surface area (Å²) in [5.41, 5.74) is -0.212. The molecule has 0 aromatic heterocycles. The maximum absolute atomic E-state index is 11.8. The standard InChI is InChI=1S/C10H17NO2/c1-2-5-11-6-3-9(12)10(11)4-7-13-8-10/h2-8H2,1H3. The number of nitrogens with zero attached hydrogens (tertiary/aromatic N) is 1. The Kier molecular flexibility index (Phi) is 2.39. The lowest BCUT2D eigenvalue weighted by molar-refractivity contribution is -0.125. The topological polar surface area (TPSA) is 29.5 Å². The molecule has 2 aliphatic rings. The van der Waals surface area contributed by atoms with E-state index >= 15 is 0 Å². The first kappa shape index (κ1) is 9.16. The van der Waals surface area contributed by atoms with Crippen LogP contribution in [-0.2, 0) is 9.53 Å². The molecule has 1 spiro atoms. The molecule has 2 heterocycles. The Labute approximate surface area is 79.0 Å². The van der Waals surface area contributed by atoms with E-state index in [1.807, 2.05) is 0 Å². The van der Waals surface area contributed by atoms with Gasteiger partial charge in [0.15, 0.2) is 5.78 Å². The predicted octanol–water partition coefficient (Wildman–Crippen LogP) is 0.830. The lowest BCUT2D eigenvalue weighted by Crippen LogP contribution is -2.49. The Balaban J connectivity index is 2.15. The third-order valence-corrected chi connectivity index (χ3v) is 3.23. The van der Waals surface area contributed by atoms with Crippen LogP contribution in [-0.4, -0.2) is 42.5 Å². The van der Waals surface area contributed by atoms with Crippen molar-refractivity contribution in [2.24, 2.45) is 0 Å². The molecule has 3 nitrogen and oxygen atoms in total. The van der Waals surface area contributed by atoms with Crippen LogP contribution in [0.2, 0.25) is 0 Å². The van der Waals surface area contributed by atoms with Gasteiger partial charge in [-0.3, -0.25) is 9.69 Å². The Morgan fingerprint density at radius 3 is 3.08 bits per heavy atom. The van der Waals surface area contributed by atoms with Gasteiger partial charge in [-0.1, -0.05) is 6.92 Å². The van der Waals surface area contributed by atoms with E-state index in [-0.39, 0.29) is 5.54 Å². The Hall–Kier alpha value is -0.410. The molecule has 1 unspecified atom stereocenters. The highest BCUT2D eigenvalue weighted by Crippen LogP contribution is 2.33. The van der Waals surface area contributed by atoms with Crippen molar-refractivity contribution in [1.29, 1.82) is 0 Å². The zero-order chi connectivity index (χ0) is 9.31. The van der Waals surface area contributed by atoms with Gasteiger partial charge in [-0.05, 0) is 19.4 Å². The molecule has 2 aliphatic heterocycles. The first-order valence-corrected chi connectivity index (χ1v) is 5.16. The van der Waals surface area contributed by atoms with Crippen molar-refractivity contribution in [1.82, 2.24) is 4.90 Å². The number of Topliss-reactive ketones (excluding diaryl/α,β-unsaturated/α-hetero) is 1. The first-order chi connectivity index (χ1) is 6.29. The molecular weight excluding hydrogens is 166 g/mol. The average Bonchev–Trinajstić information content (AvgIpc) is 2.70. The second-order valence-corrected chi connectivity index (χ2v) is 3.99. The molecule has 13 heavy (non-hydrogen) atoms. The van der Waals surface area contributed by atoms with E-state index in [1.165, 1.54) is 0 Å². The van der Waals surface area contributed by atoms with E-state index in [9.17, 15) is 4.79 Å². The molecule has 2 rings (SSSR count). The minimum atomic E-state index is -0.212. The minimum absolute atomic E-state index is 0.212. The summed E-state index contributed by atoms with van der Waals surface area (Å²) in [6.07, 6.45) is 2.75. The first-order valence-electron chi connectivity index (χ1n) is 5.16. The predicted molar refractivity (Wildman–Crippen MR) is 49.7 cm³/mol. The zero-order valence-corrected chi connectivity index (χ0v) is 8.21. The molecule has 0 aromatic rings. The van der Waals surface area contributed by atoms with Gasteiger partial charge < -0.3 is 4.74 Å². The summed E-state index contributed by atoms with van der Waals surface area (Å²) in [4.78, 5) is 14.1. The van der Waals surface area contributed by atoms with Crippen molar-refractivity contribution >= 4 is 5.78 Å². The fourth-order valence-electron chi connectivity index (χ4n) is 2.48. The maximum atomic E-state index is 11.8. The minimum Gasteiger partial charge on any atom is -0.379 e. The molecule has 0 saturated carbocycles. The lowest BCUT2D eigenvalue weighted by Gasteiger charge is -2.31. The third kappa shape index (κ3) is 1.30. The van der Waals surface area contributed by atoms with Gasteiger partial charge in [0.1, 0.15) is 5.54 Å². The van der Waals surface area contributed by atoms with Gasteiger partial charge in [-0.15, -0.1) is 0 Å². The highest BCUT2D eigenvalue weighted by atomic mass is 16.5. The Bertz CT molecular complexity index is 209. The van der Waals surface area contributed by atoms with Crippen LogP contribution in [0.1, 0.15) is 26.2 Å². The Morgan fingerprint density at radius 1 is 1.62 bits per heavy atom. The summed E-state index contributed by atoms with van der Waals surface area (Å²) in [6, 6.07) is 0. The monoisotopic (exact) mass is 183 g/mol. The van der Waals surface area contributed by atoms with E-state index in [0.717, 1.165) is 39.0 Å². The Morgan fingerprint density at radius 2 is 2.46 bits per heavy atom. The zero-order valence-electron chi connectivity index (χ0n) is 8.21. The van der Waals surface area contributed by atoms with Crippen LogP contribution in [0.3, 0.4) is 0 Å². The van der Waals surface area contributed by atoms with Crippen LogP contribution in [0.4, 0.5) is 0 Å². The summed E-state index contributed by atoms with van der Waals surface area (Å²) < 4.78 is 5.37. The highest BCUT2D eigenvalue weighted by molar-refractivity contribution is 5.91. The van der Waals surface area contributed by atoms with Crippen molar-refractivity contribution < 1.29 is 9.53 Å². The number of carbonyl (C=O) groups excluding carboxylic acids is 1. The van der Waals surface area contributed by atoms with Gasteiger partial charge in [0.25, 0.3) is 0 Å². The summed E-state index contributed by atoms with van der Waals surface area (Å²) in [6.45, 7) is 5.52. The fraction of sp³-hybridized carbons (Fsp3) is 0.900. The van der Waals surface area contributed by atoms with Gasteiger partial charge in [0, 0.05) is 19.6 Å². The summed E-state index contributed by atoms with van der Waals surface area (Å²) in [5.74, 6) is 0.401. The fourth-order valence-corrected chi connectivity index (χ4v) is 2.48. The van der Waals surface area contributed by atoms with Crippen molar-refractivity contribution in [2.45, 2.75) is 31.7 Å². The van der Waals surface area contributed by atoms with Crippen LogP contribution in [0.25, 0.3) is 0 Å². The van der Waals surface area contributed by atoms with Gasteiger partial charge >= 0.3 is 0 Å². The maximum Gasteiger partial charge on any atom is 0.156 e. The number of hydrogen-bond donors (Lipinski definition) is 0. The number of ether oxygens (including phenoxy) is 1. The molecule has 0 N–H and O–H groups in total. The van der Waals surface area contributed by atoms with E-state index in [2.05, 4.69) is 11.8 Å². The van der Waals surface area contributed by atoms with Crippen molar-refractivity contribution in [2.75, 3.05) is 26.3 Å². The third-order valence-electron chi connectivity index (χ3n) is 3.23. The molecule has 2 saturated heterocycles. The van der Waals surface area contributed by atoms with E-state index < -0.39 is 0 Å². The van der Waals surface area contributed by atoms with Crippen molar-refractivity contribution in [3.05, 3.63) is 0 Å². The molecule has 2 fully saturated rings. The molecule has 0 bridgehead atoms. The van der Waals surface area contributed by atoms with Gasteiger partial charge in [0.05, 0.1) is 6.61 Å². The van der Waals surface area contributed by atoms with Crippen LogP contribution >= 0.6 is 0 Å². The van der Waals surface area contributed by atoms with Crippen LogP contribution in [0, 0.1) is 0 Å². The number of carbonyl (C=O) groups is 1. The molecule has 0 aliphatic carbocycles. The smallest absolute Gasteiger partial charge is 0.156 e. The number of rotatable bonds is 2. The van der Waals surface area contributed by atoms with Crippen molar-refractivity contribution in [3.63, 3.8) is 0 Å². The van der Waals surface area contributed by atoms with Gasteiger partial charge in [-0.25, -0.2) is 0 Å². The van der Waals surface area contributed by atoms with E-state index in [1.54, 1.807) is 0 Å². The summed E-state index contributed by atoms with van der Waals surface area (Å²) in [5, 5.41) is 0. The van der Waals surface area contributed by atoms with Crippen LogP contribution in [0.15, 0.2) is 0 Å².